The van der Waals surface area contributed by atoms with E-state index in [0.717, 1.165) is 50.7 Å². The molecular weight excluding hydrogens is 481 g/mol. The third-order valence-corrected chi connectivity index (χ3v) is 7.34. The van der Waals surface area contributed by atoms with E-state index in [1.165, 1.54) is 18.2 Å². The maximum atomic E-state index is 13.7. The molecule has 35 heavy (non-hydrogen) atoms. The van der Waals surface area contributed by atoms with Crippen LogP contribution in [0.3, 0.4) is 0 Å². The van der Waals surface area contributed by atoms with Gasteiger partial charge in [0.25, 0.3) is 5.91 Å². The number of allylic oxidation sites excluding steroid dienone is 1. The molecule has 2 aromatic rings. The standard InChI is InChI=1S/C26H26ClF3N2O3/c27-19-7-3-6-18(26(28,29)30)20(19)23(33)32-22-17(5-4-14-25(22)12-1-2-13-25)21(31)15-8-10-16(11-9-15)24(34)35/h3,6-11,24,34-35H,1-2,4-5,12-14,31H2. The highest BCUT2D eigenvalue weighted by molar-refractivity contribution is 6.34. The third-order valence-electron chi connectivity index (χ3n) is 7.02. The van der Waals surface area contributed by atoms with Gasteiger partial charge in [-0.2, -0.15) is 13.2 Å². The van der Waals surface area contributed by atoms with Crippen molar-refractivity contribution in [2.75, 3.05) is 0 Å². The Morgan fingerprint density at radius 1 is 1.03 bits per heavy atom. The lowest BCUT2D eigenvalue weighted by atomic mass is 9.68. The molecule has 0 saturated heterocycles. The number of alkyl halides is 3. The molecule has 0 heterocycles. The second-order valence-corrected chi connectivity index (χ2v) is 9.56. The number of carbonyl (C=O) groups is 1. The fourth-order valence-corrected chi connectivity index (χ4v) is 5.55. The van der Waals surface area contributed by atoms with Gasteiger partial charge in [-0.25, -0.2) is 4.99 Å². The summed E-state index contributed by atoms with van der Waals surface area (Å²) >= 11 is 6.07. The topological polar surface area (TPSA) is 95.9 Å². The number of halogens is 4. The zero-order valence-corrected chi connectivity index (χ0v) is 19.7. The largest absolute Gasteiger partial charge is 0.417 e. The first-order valence-corrected chi connectivity index (χ1v) is 11.9. The molecule has 2 aliphatic carbocycles. The van der Waals surface area contributed by atoms with Gasteiger partial charge in [0.15, 0.2) is 6.29 Å². The summed E-state index contributed by atoms with van der Waals surface area (Å²) in [6, 6.07) is 9.58. The number of hydrogen-bond acceptors (Lipinski definition) is 4. The molecule has 0 radical (unpaired) electrons. The molecule has 5 nitrogen and oxygen atoms in total. The van der Waals surface area contributed by atoms with E-state index < -0.39 is 34.9 Å². The third kappa shape index (κ3) is 5.01. The van der Waals surface area contributed by atoms with Crippen LogP contribution in [0.5, 0.6) is 0 Å². The van der Waals surface area contributed by atoms with Crippen LogP contribution in [-0.2, 0) is 6.18 Å². The Morgan fingerprint density at radius 3 is 2.26 bits per heavy atom. The molecule has 2 aromatic carbocycles. The average Bonchev–Trinajstić information content (AvgIpc) is 3.28. The molecule has 1 spiro atoms. The number of nitrogens with zero attached hydrogens (tertiary/aromatic N) is 1. The van der Waals surface area contributed by atoms with E-state index in [9.17, 15) is 28.2 Å². The van der Waals surface area contributed by atoms with Gasteiger partial charge in [-0.05, 0) is 55.4 Å². The molecule has 0 atom stereocenters. The zero-order chi connectivity index (χ0) is 25.4. The van der Waals surface area contributed by atoms with Crippen LogP contribution < -0.4 is 5.73 Å². The molecule has 4 rings (SSSR count). The minimum absolute atomic E-state index is 0.296. The molecule has 9 heteroatoms. The van der Waals surface area contributed by atoms with Gasteiger partial charge >= 0.3 is 6.18 Å². The number of benzene rings is 2. The second-order valence-electron chi connectivity index (χ2n) is 9.15. The van der Waals surface area contributed by atoms with Gasteiger partial charge in [-0.15, -0.1) is 0 Å². The highest BCUT2D eigenvalue weighted by Gasteiger charge is 2.44. The normalized spacial score (nSPS) is 20.6. The van der Waals surface area contributed by atoms with Crippen LogP contribution in [0.4, 0.5) is 13.2 Å². The van der Waals surface area contributed by atoms with E-state index in [1.807, 2.05) is 0 Å². The van der Waals surface area contributed by atoms with E-state index in [-0.39, 0.29) is 5.02 Å². The molecular formula is C26H26ClF3N2O3. The Morgan fingerprint density at radius 2 is 1.66 bits per heavy atom. The Hall–Kier alpha value is -2.68. The van der Waals surface area contributed by atoms with Crippen LogP contribution in [-0.4, -0.2) is 21.8 Å². The van der Waals surface area contributed by atoms with Crippen molar-refractivity contribution in [1.82, 2.24) is 0 Å². The van der Waals surface area contributed by atoms with Gasteiger partial charge in [0.05, 0.1) is 21.9 Å². The Bertz CT molecular complexity index is 1180. The van der Waals surface area contributed by atoms with Crippen molar-refractivity contribution in [3.63, 3.8) is 0 Å². The Kier molecular flexibility index (Phi) is 7.09. The highest BCUT2D eigenvalue weighted by Crippen LogP contribution is 2.50. The molecule has 2 saturated carbocycles. The van der Waals surface area contributed by atoms with Gasteiger partial charge in [-0.1, -0.05) is 54.8 Å². The summed E-state index contributed by atoms with van der Waals surface area (Å²) in [6.07, 6.45) is -0.838. The Labute approximate surface area is 206 Å². The maximum absolute atomic E-state index is 13.7. The summed E-state index contributed by atoms with van der Waals surface area (Å²) in [5, 5.41) is 18.4. The number of nitrogens with two attached hydrogens (primary N) is 1. The van der Waals surface area contributed by atoms with E-state index in [4.69, 9.17) is 17.3 Å². The first-order chi connectivity index (χ1) is 16.5. The molecule has 1 amide bonds. The number of aliphatic imine (C=N–C) groups is 1. The lowest BCUT2D eigenvalue weighted by Gasteiger charge is -2.37. The number of aliphatic hydroxyl groups is 2. The lowest BCUT2D eigenvalue weighted by Crippen LogP contribution is -2.35. The van der Waals surface area contributed by atoms with Crippen LogP contribution in [0.25, 0.3) is 5.70 Å². The molecule has 0 aromatic heterocycles. The monoisotopic (exact) mass is 506 g/mol. The summed E-state index contributed by atoms with van der Waals surface area (Å²) in [7, 11) is 0. The Balaban J connectivity index is 1.86. The van der Waals surface area contributed by atoms with Crippen molar-refractivity contribution in [3.05, 3.63) is 75.3 Å². The summed E-state index contributed by atoms with van der Waals surface area (Å²) in [4.78, 5) is 17.6. The molecule has 2 fully saturated rings. The molecule has 0 aliphatic heterocycles. The summed E-state index contributed by atoms with van der Waals surface area (Å²) < 4.78 is 41.0. The van der Waals surface area contributed by atoms with Crippen molar-refractivity contribution in [3.8, 4) is 0 Å². The van der Waals surface area contributed by atoms with E-state index >= 15 is 0 Å². The fourth-order valence-electron chi connectivity index (χ4n) is 5.29. The number of hydrogen-bond donors (Lipinski definition) is 3. The second kappa shape index (κ2) is 9.76. The molecule has 186 valence electrons. The highest BCUT2D eigenvalue weighted by atomic mass is 35.5. The summed E-state index contributed by atoms with van der Waals surface area (Å²) in [5.74, 6) is -1.03. The van der Waals surface area contributed by atoms with Crippen molar-refractivity contribution < 1.29 is 28.2 Å². The lowest BCUT2D eigenvalue weighted by molar-refractivity contribution is -0.137. The van der Waals surface area contributed by atoms with E-state index in [2.05, 4.69) is 4.99 Å². The van der Waals surface area contributed by atoms with Crippen molar-refractivity contribution in [2.24, 2.45) is 16.1 Å². The first kappa shape index (κ1) is 25.4. The number of rotatable bonds is 3. The van der Waals surface area contributed by atoms with Crippen LogP contribution in [0.1, 0.15) is 78.3 Å². The number of aliphatic hydroxyl groups excluding tert-OH is 1. The van der Waals surface area contributed by atoms with Gasteiger partial charge in [0.1, 0.15) is 0 Å². The SMILES string of the molecule is NC(=C1CCCC2(CCCC2)C1=NC(=O)c1c(Cl)cccc1C(F)(F)F)c1ccc(C(O)O)cc1. The first-order valence-electron chi connectivity index (χ1n) is 11.5. The van der Waals surface area contributed by atoms with Gasteiger partial charge in [0.2, 0.25) is 0 Å². The smallest absolute Gasteiger partial charge is 0.398 e. The minimum atomic E-state index is -4.76. The van der Waals surface area contributed by atoms with Crippen LogP contribution in [0.2, 0.25) is 5.02 Å². The predicted octanol–water partition coefficient (Wildman–Crippen LogP) is 6.04. The quantitative estimate of drug-likeness (QED) is 0.442. The van der Waals surface area contributed by atoms with Crippen molar-refractivity contribution in [1.29, 1.82) is 0 Å². The maximum Gasteiger partial charge on any atom is 0.417 e. The number of carbonyl (C=O) groups excluding carboxylic acids is 1. The summed E-state index contributed by atoms with van der Waals surface area (Å²) in [6.45, 7) is 0. The average molecular weight is 507 g/mol. The van der Waals surface area contributed by atoms with Crippen molar-refractivity contribution in [2.45, 2.75) is 57.4 Å². The van der Waals surface area contributed by atoms with Gasteiger partial charge in [0, 0.05) is 16.7 Å². The van der Waals surface area contributed by atoms with Gasteiger partial charge in [-0.3, -0.25) is 4.79 Å². The van der Waals surface area contributed by atoms with Crippen molar-refractivity contribution >= 4 is 28.9 Å². The molecule has 4 N–H and O–H groups in total. The van der Waals surface area contributed by atoms with Crippen LogP contribution in [0.15, 0.2) is 53.0 Å². The zero-order valence-electron chi connectivity index (χ0n) is 18.9. The fraction of sp³-hybridized carbons (Fsp3) is 0.385. The van der Waals surface area contributed by atoms with E-state index in [0.29, 0.717) is 34.5 Å². The van der Waals surface area contributed by atoms with Crippen LogP contribution >= 0.6 is 11.6 Å². The molecule has 0 bridgehead atoms. The summed E-state index contributed by atoms with van der Waals surface area (Å²) in [5.41, 5.74) is 6.70. The molecule has 0 unspecified atom stereocenters. The molecule has 2 aliphatic rings. The van der Waals surface area contributed by atoms with Crippen LogP contribution in [0, 0.1) is 5.41 Å². The number of amides is 1. The van der Waals surface area contributed by atoms with Gasteiger partial charge < -0.3 is 15.9 Å². The van der Waals surface area contributed by atoms with E-state index in [1.54, 1.807) is 12.1 Å². The predicted molar refractivity (Wildman–Crippen MR) is 128 cm³/mol. The minimum Gasteiger partial charge on any atom is -0.398 e.